The molecule has 82 valence electrons. The number of fused-ring (bicyclic) bond motifs is 1. The molecule has 0 N–H and O–H groups in total. The molecule has 1 heterocycles. The van der Waals surface area contributed by atoms with Crippen LogP contribution in [0.15, 0.2) is 0 Å². The summed E-state index contributed by atoms with van der Waals surface area (Å²) in [6.45, 7) is 6.16. The Morgan fingerprint density at radius 3 is 2.87 bits per heavy atom. The number of carbonyl (C=O) groups is 1. The zero-order valence-electron chi connectivity index (χ0n) is 9.54. The summed E-state index contributed by atoms with van der Waals surface area (Å²) in [6, 6.07) is 0. The van der Waals surface area contributed by atoms with E-state index in [1.54, 1.807) is 18.3 Å². The maximum Gasteiger partial charge on any atom is 0.188 e. The van der Waals surface area contributed by atoms with Crippen molar-refractivity contribution >= 4 is 17.1 Å². The Hall–Kier alpha value is -0.700. The van der Waals surface area contributed by atoms with Crippen molar-refractivity contribution in [3.05, 3.63) is 15.6 Å². The van der Waals surface area contributed by atoms with Crippen LogP contribution >= 0.6 is 11.3 Å². The van der Waals surface area contributed by atoms with Gasteiger partial charge in [0.25, 0.3) is 0 Å². The van der Waals surface area contributed by atoms with Crippen LogP contribution in [0.25, 0.3) is 0 Å². The fourth-order valence-electron chi connectivity index (χ4n) is 2.12. The number of hydrogen-bond donors (Lipinski definition) is 0. The molecule has 1 aliphatic rings. The Morgan fingerprint density at radius 1 is 1.53 bits per heavy atom. The largest absolute Gasteiger partial charge is 0.292 e. The summed E-state index contributed by atoms with van der Waals surface area (Å²) in [5.74, 6) is 1.62. The number of nitrogens with zero attached hydrogens (tertiary/aromatic N) is 1. The van der Waals surface area contributed by atoms with Gasteiger partial charge in [-0.3, -0.25) is 4.79 Å². The van der Waals surface area contributed by atoms with Gasteiger partial charge in [-0.1, -0.05) is 13.8 Å². The van der Waals surface area contributed by atoms with Crippen LogP contribution in [0.3, 0.4) is 0 Å². The first-order chi connectivity index (χ1) is 7.08. The van der Waals surface area contributed by atoms with Gasteiger partial charge in [0.2, 0.25) is 0 Å². The topological polar surface area (TPSA) is 30.0 Å². The molecule has 0 spiro atoms. The molecular weight excluding hydrogens is 206 g/mol. The maximum absolute atomic E-state index is 11.2. The maximum atomic E-state index is 11.2. The van der Waals surface area contributed by atoms with Crippen LogP contribution in [-0.2, 0) is 12.8 Å². The van der Waals surface area contributed by atoms with Crippen LogP contribution in [0.2, 0.25) is 0 Å². The fraction of sp³-hybridized carbons (Fsp3) is 0.667. The number of carbonyl (C=O) groups excluding carboxylic acids is 1. The van der Waals surface area contributed by atoms with E-state index in [1.165, 1.54) is 17.0 Å². The predicted molar refractivity (Wildman–Crippen MR) is 62.5 cm³/mol. The second kappa shape index (κ2) is 4.05. The molecule has 1 atom stereocenters. The molecule has 0 saturated carbocycles. The lowest BCUT2D eigenvalue weighted by atomic mass is 9.83. The van der Waals surface area contributed by atoms with Gasteiger partial charge < -0.3 is 0 Å². The second-order valence-electron chi connectivity index (χ2n) is 4.69. The van der Waals surface area contributed by atoms with E-state index < -0.39 is 0 Å². The van der Waals surface area contributed by atoms with E-state index in [0.29, 0.717) is 5.01 Å². The van der Waals surface area contributed by atoms with Crippen molar-refractivity contribution in [3.63, 3.8) is 0 Å². The number of ketones is 1. The molecule has 15 heavy (non-hydrogen) atoms. The first kappa shape index (κ1) is 10.8. The van der Waals surface area contributed by atoms with Crippen LogP contribution in [0.4, 0.5) is 0 Å². The lowest BCUT2D eigenvalue weighted by molar-refractivity contribution is 0.101. The van der Waals surface area contributed by atoms with Gasteiger partial charge in [0.05, 0.1) is 5.69 Å². The van der Waals surface area contributed by atoms with E-state index in [2.05, 4.69) is 18.8 Å². The number of thiazole rings is 1. The van der Waals surface area contributed by atoms with Crippen molar-refractivity contribution < 1.29 is 4.79 Å². The van der Waals surface area contributed by atoms with Crippen LogP contribution in [0.1, 0.15) is 47.6 Å². The Bertz CT molecular complexity index is 381. The van der Waals surface area contributed by atoms with E-state index in [-0.39, 0.29) is 5.78 Å². The fourth-order valence-corrected chi connectivity index (χ4v) is 3.22. The van der Waals surface area contributed by atoms with Gasteiger partial charge in [0.1, 0.15) is 0 Å². The molecule has 1 aromatic heterocycles. The highest BCUT2D eigenvalue weighted by Crippen LogP contribution is 2.33. The molecule has 2 rings (SSSR count). The normalized spacial score (nSPS) is 20.4. The van der Waals surface area contributed by atoms with Crippen molar-refractivity contribution in [1.82, 2.24) is 4.98 Å². The zero-order chi connectivity index (χ0) is 11.0. The molecular formula is C12H17NOS. The number of Topliss-reactive ketones (excluding diaryl/α,β-unsaturated/α-hetero) is 1. The van der Waals surface area contributed by atoms with Crippen molar-refractivity contribution in [2.45, 2.75) is 40.0 Å². The average molecular weight is 223 g/mol. The highest BCUT2D eigenvalue weighted by Gasteiger charge is 2.25. The lowest BCUT2D eigenvalue weighted by Crippen LogP contribution is -2.17. The first-order valence-corrected chi connectivity index (χ1v) is 6.39. The number of hydrogen-bond acceptors (Lipinski definition) is 3. The molecule has 0 saturated heterocycles. The van der Waals surface area contributed by atoms with Gasteiger partial charge >= 0.3 is 0 Å². The van der Waals surface area contributed by atoms with E-state index in [9.17, 15) is 4.79 Å². The van der Waals surface area contributed by atoms with Crippen molar-refractivity contribution in [2.24, 2.45) is 11.8 Å². The van der Waals surface area contributed by atoms with Crippen molar-refractivity contribution in [3.8, 4) is 0 Å². The Morgan fingerprint density at radius 2 is 2.27 bits per heavy atom. The van der Waals surface area contributed by atoms with Gasteiger partial charge in [0.15, 0.2) is 10.8 Å². The smallest absolute Gasteiger partial charge is 0.188 e. The molecule has 0 amide bonds. The molecule has 1 aliphatic carbocycles. The molecule has 1 aromatic rings. The third-order valence-electron chi connectivity index (χ3n) is 3.22. The summed E-state index contributed by atoms with van der Waals surface area (Å²) < 4.78 is 0. The molecule has 0 fully saturated rings. The first-order valence-electron chi connectivity index (χ1n) is 5.57. The second-order valence-corrected chi connectivity index (χ2v) is 5.78. The van der Waals surface area contributed by atoms with E-state index >= 15 is 0 Å². The summed E-state index contributed by atoms with van der Waals surface area (Å²) >= 11 is 1.60. The Labute approximate surface area is 94.7 Å². The van der Waals surface area contributed by atoms with E-state index in [0.717, 1.165) is 24.7 Å². The summed E-state index contributed by atoms with van der Waals surface area (Å²) in [5.41, 5.74) is 1.18. The standard InChI is InChI=1S/C12H17NOS/c1-7(2)9-4-5-10-11(6-9)15-12(13-10)8(3)14/h7,9H,4-6H2,1-3H3. The minimum atomic E-state index is 0.107. The summed E-state index contributed by atoms with van der Waals surface area (Å²) in [7, 11) is 0. The summed E-state index contributed by atoms with van der Waals surface area (Å²) in [4.78, 5) is 17.0. The molecule has 2 nitrogen and oxygen atoms in total. The van der Waals surface area contributed by atoms with Gasteiger partial charge in [-0.2, -0.15) is 0 Å². The average Bonchev–Trinajstić information content (AvgIpc) is 2.59. The van der Waals surface area contributed by atoms with E-state index in [4.69, 9.17) is 0 Å². The van der Waals surface area contributed by atoms with Gasteiger partial charge in [0, 0.05) is 11.8 Å². The third kappa shape index (κ3) is 2.12. The molecule has 0 aliphatic heterocycles. The number of rotatable bonds is 2. The Kier molecular flexibility index (Phi) is 2.91. The zero-order valence-corrected chi connectivity index (χ0v) is 10.4. The predicted octanol–water partition coefficient (Wildman–Crippen LogP) is 3.11. The quantitative estimate of drug-likeness (QED) is 0.721. The summed E-state index contributed by atoms with van der Waals surface area (Å²) in [6.07, 6.45) is 3.41. The molecule has 0 radical (unpaired) electrons. The van der Waals surface area contributed by atoms with Crippen molar-refractivity contribution in [1.29, 1.82) is 0 Å². The van der Waals surface area contributed by atoms with Crippen LogP contribution in [0.5, 0.6) is 0 Å². The number of aromatic nitrogens is 1. The van der Waals surface area contributed by atoms with Gasteiger partial charge in [-0.25, -0.2) is 4.98 Å². The Balaban J connectivity index is 2.23. The molecule has 0 bridgehead atoms. The minimum Gasteiger partial charge on any atom is -0.292 e. The van der Waals surface area contributed by atoms with Crippen LogP contribution in [-0.4, -0.2) is 10.8 Å². The van der Waals surface area contributed by atoms with E-state index in [1.807, 2.05) is 0 Å². The molecule has 3 heteroatoms. The highest BCUT2D eigenvalue weighted by molar-refractivity contribution is 7.13. The monoisotopic (exact) mass is 223 g/mol. The highest BCUT2D eigenvalue weighted by atomic mass is 32.1. The SMILES string of the molecule is CC(=O)c1nc2c(s1)CC(C(C)C)CC2. The molecule has 0 aromatic carbocycles. The minimum absolute atomic E-state index is 0.107. The lowest BCUT2D eigenvalue weighted by Gasteiger charge is -2.24. The van der Waals surface area contributed by atoms with Crippen LogP contribution < -0.4 is 0 Å². The summed E-state index contributed by atoms with van der Waals surface area (Å²) in [5, 5.41) is 0.699. The van der Waals surface area contributed by atoms with Gasteiger partial charge in [-0.15, -0.1) is 11.3 Å². The van der Waals surface area contributed by atoms with Crippen molar-refractivity contribution in [2.75, 3.05) is 0 Å². The van der Waals surface area contributed by atoms with Crippen LogP contribution in [0, 0.1) is 11.8 Å². The molecule has 1 unspecified atom stereocenters. The number of aryl methyl sites for hydroxylation is 1. The third-order valence-corrected chi connectivity index (χ3v) is 4.44. The van der Waals surface area contributed by atoms with Gasteiger partial charge in [-0.05, 0) is 31.1 Å².